The predicted octanol–water partition coefficient (Wildman–Crippen LogP) is 2.69. The second-order valence-corrected chi connectivity index (χ2v) is 6.37. The van der Waals surface area contributed by atoms with Gasteiger partial charge in [0.25, 0.3) is 0 Å². The zero-order valence-electron chi connectivity index (χ0n) is 14.4. The Bertz CT molecular complexity index is 836. The summed E-state index contributed by atoms with van der Waals surface area (Å²) < 4.78 is 5.07. The van der Waals surface area contributed by atoms with Crippen molar-refractivity contribution in [3.05, 3.63) is 24.4 Å². The van der Waals surface area contributed by atoms with Crippen molar-refractivity contribution in [1.82, 2.24) is 10.3 Å². The molecule has 3 rings (SSSR count). The van der Waals surface area contributed by atoms with Crippen molar-refractivity contribution < 1.29 is 14.3 Å². The van der Waals surface area contributed by atoms with Gasteiger partial charge in [-0.15, -0.1) is 0 Å². The van der Waals surface area contributed by atoms with Crippen LogP contribution in [0.3, 0.4) is 0 Å². The predicted molar refractivity (Wildman–Crippen MR) is 96.7 cm³/mol. The number of carbonyl (C=O) groups is 2. The standard InChI is InChI=1S/C17H21N5O3/c1-9(2)20-16(23)21-15-5-11-4-12(6-14(18)13(11)7-19-15)22-10(3)8-25-17(22)24/h4-7,9-10H,8,18H2,1-3H3,(H2,19,20,21,23)/t10-/m1/s1. The molecule has 4 N–H and O–H groups in total. The minimum absolute atomic E-state index is 0.0189. The van der Waals surface area contributed by atoms with Gasteiger partial charge in [-0.3, -0.25) is 10.2 Å². The minimum Gasteiger partial charge on any atom is -0.447 e. The first-order valence-corrected chi connectivity index (χ1v) is 8.08. The monoisotopic (exact) mass is 343 g/mol. The number of nitrogen functional groups attached to an aromatic ring is 1. The van der Waals surface area contributed by atoms with Crippen LogP contribution in [0.4, 0.5) is 26.8 Å². The van der Waals surface area contributed by atoms with E-state index in [0.29, 0.717) is 23.8 Å². The molecule has 1 aliphatic heterocycles. The van der Waals surface area contributed by atoms with Crippen LogP contribution in [0.1, 0.15) is 20.8 Å². The van der Waals surface area contributed by atoms with Gasteiger partial charge in [-0.25, -0.2) is 14.6 Å². The Morgan fingerprint density at radius 2 is 2.16 bits per heavy atom. The van der Waals surface area contributed by atoms with Crippen LogP contribution in [0.2, 0.25) is 0 Å². The van der Waals surface area contributed by atoms with Crippen LogP contribution in [0.15, 0.2) is 24.4 Å². The van der Waals surface area contributed by atoms with Crippen molar-refractivity contribution in [2.45, 2.75) is 32.9 Å². The highest BCUT2D eigenvalue weighted by atomic mass is 16.6. The molecule has 25 heavy (non-hydrogen) atoms. The molecule has 0 aliphatic carbocycles. The molecule has 3 amide bonds. The van der Waals surface area contributed by atoms with E-state index in [0.717, 1.165) is 10.8 Å². The Kier molecular flexibility index (Phi) is 4.35. The number of pyridine rings is 1. The minimum atomic E-state index is -0.394. The summed E-state index contributed by atoms with van der Waals surface area (Å²) in [5, 5.41) is 6.94. The number of urea groups is 1. The Morgan fingerprint density at radius 3 is 2.80 bits per heavy atom. The molecule has 132 valence electrons. The summed E-state index contributed by atoms with van der Waals surface area (Å²) in [6, 6.07) is 4.91. The fourth-order valence-electron chi connectivity index (χ4n) is 2.77. The van der Waals surface area contributed by atoms with Crippen molar-refractivity contribution in [3.8, 4) is 0 Å². The molecule has 0 unspecified atom stereocenters. The molecule has 1 aliphatic rings. The number of benzene rings is 1. The third-order valence-electron chi connectivity index (χ3n) is 3.88. The number of amides is 3. The topological polar surface area (TPSA) is 110 Å². The number of anilines is 3. The molecule has 1 aromatic heterocycles. The SMILES string of the molecule is CC(C)NC(=O)Nc1cc2cc(N3C(=O)OC[C@H]3C)cc(N)c2cn1. The molecule has 1 atom stereocenters. The van der Waals surface area contributed by atoms with E-state index in [2.05, 4.69) is 15.6 Å². The van der Waals surface area contributed by atoms with Crippen LogP contribution in [0, 0.1) is 0 Å². The number of fused-ring (bicyclic) bond motifs is 1. The van der Waals surface area contributed by atoms with Crippen molar-refractivity contribution in [2.75, 3.05) is 22.6 Å². The third kappa shape index (κ3) is 3.42. The van der Waals surface area contributed by atoms with Gasteiger partial charge in [0, 0.05) is 23.3 Å². The zero-order valence-corrected chi connectivity index (χ0v) is 14.4. The summed E-state index contributed by atoms with van der Waals surface area (Å²) >= 11 is 0. The lowest BCUT2D eigenvalue weighted by molar-refractivity contribution is 0.179. The lowest BCUT2D eigenvalue weighted by Gasteiger charge is -2.19. The summed E-state index contributed by atoms with van der Waals surface area (Å²) in [5.74, 6) is 0.402. The highest BCUT2D eigenvalue weighted by Gasteiger charge is 2.31. The van der Waals surface area contributed by atoms with Crippen molar-refractivity contribution in [3.63, 3.8) is 0 Å². The second-order valence-electron chi connectivity index (χ2n) is 6.37. The summed E-state index contributed by atoms with van der Waals surface area (Å²) in [7, 11) is 0. The number of cyclic esters (lactones) is 1. The first-order valence-electron chi connectivity index (χ1n) is 8.08. The van der Waals surface area contributed by atoms with Gasteiger partial charge in [0.1, 0.15) is 12.4 Å². The van der Waals surface area contributed by atoms with E-state index >= 15 is 0 Å². The Morgan fingerprint density at radius 1 is 1.40 bits per heavy atom. The fraction of sp³-hybridized carbons (Fsp3) is 0.353. The van der Waals surface area contributed by atoms with E-state index in [-0.39, 0.29) is 18.1 Å². The van der Waals surface area contributed by atoms with Gasteiger partial charge in [-0.05, 0) is 44.4 Å². The van der Waals surface area contributed by atoms with Crippen LogP contribution in [0.5, 0.6) is 0 Å². The van der Waals surface area contributed by atoms with Crippen LogP contribution < -0.4 is 21.3 Å². The van der Waals surface area contributed by atoms with Gasteiger partial charge in [0.05, 0.1) is 11.7 Å². The number of nitrogens with one attached hydrogen (secondary N) is 2. The number of nitrogens with two attached hydrogens (primary N) is 1. The van der Waals surface area contributed by atoms with E-state index in [4.69, 9.17) is 10.5 Å². The maximum atomic E-state index is 11.9. The maximum Gasteiger partial charge on any atom is 0.414 e. The van der Waals surface area contributed by atoms with E-state index in [1.54, 1.807) is 23.2 Å². The molecule has 1 fully saturated rings. The number of nitrogens with zero attached hydrogens (tertiary/aromatic N) is 2. The van der Waals surface area contributed by atoms with Crippen molar-refractivity contribution in [1.29, 1.82) is 0 Å². The summed E-state index contributed by atoms with van der Waals surface area (Å²) in [4.78, 5) is 29.5. The van der Waals surface area contributed by atoms with Gasteiger partial charge in [0.2, 0.25) is 0 Å². The number of ether oxygens (including phenoxy) is 1. The molecular formula is C17H21N5O3. The van der Waals surface area contributed by atoms with Crippen LogP contribution in [-0.4, -0.2) is 35.8 Å². The number of rotatable bonds is 3. The molecule has 1 aromatic carbocycles. The number of aromatic nitrogens is 1. The van der Waals surface area contributed by atoms with Crippen LogP contribution >= 0.6 is 0 Å². The number of carbonyl (C=O) groups excluding carboxylic acids is 2. The zero-order chi connectivity index (χ0) is 18.1. The molecule has 8 heteroatoms. The average Bonchev–Trinajstić information content (AvgIpc) is 2.85. The fourth-order valence-corrected chi connectivity index (χ4v) is 2.77. The van der Waals surface area contributed by atoms with E-state index < -0.39 is 6.09 Å². The summed E-state index contributed by atoms with van der Waals surface area (Å²) in [6.07, 6.45) is 1.21. The maximum absolute atomic E-state index is 11.9. The lowest BCUT2D eigenvalue weighted by Crippen LogP contribution is -2.34. The molecule has 2 heterocycles. The van der Waals surface area contributed by atoms with E-state index in [9.17, 15) is 9.59 Å². The Balaban J connectivity index is 1.95. The Labute approximate surface area is 145 Å². The van der Waals surface area contributed by atoms with E-state index in [1.165, 1.54) is 0 Å². The molecule has 0 saturated carbocycles. The van der Waals surface area contributed by atoms with Gasteiger partial charge in [-0.1, -0.05) is 0 Å². The van der Waals surface area contributed by atoms with Crippen molar-refractivity contribution >= 4 is 40.1 Å². The molecule has 8 nitrogen and oxygen atoms in total. The highest BCUT2D eigenvalue weighted by molar-refractivity contribution is 6.01. The molecule has 0 spiro atoms. The molecule has 2 aromatic rings. The molecule has 0 bridgehead atoms. The average molecular weight is 343 g/mol. The molecule has 1 saturated heterocycles. The quantitative estimate of drug-likeness (QED) is 0.742. The lowest BCUT2D eigenvalue weighted by atomic mass is 10.1. The smallest absolute Gasteiger partial charge is 0.414 e. The van der Waals surface area contributed by atoms with Gasteiger partial charge in [-0.2, -0.15) is 0 Å². The summed E-state index contributed by atoms with van der Waals surface area (Å²) in [6.45, 7) is 5.99. The number of hydrogen-bond acceptors (Lipinski definition) is 5. The third-order valence-corrected chi connectivity index (χ3v) is 3.88. The first kappa shape index (κ1) is 16.8. The van der Waals surface area contributed by atoms with Crippen LogP contribution in [-0.2, 0) is 4.74 Å². The van der Waals surface area contributed by atoms with Gasteiger partial charge < -0.3 is 15.8 Å². The number of hydrogen-bond donors (Lipinski definition) is 3. The Hall–Kier alpha value is -3.03. The van der Waals surface area contributed by atoms with Crippen molar-refractivity contribution in [2.24, 2.45) is 0 Å². The first-order chi connectivity index (χ1) is 11.8. The van der Waals surface area contributed by atoms with Gasteiger partial charge >= 0.3 is 12.1 Å². The summed E-state index contributed by atoms with van der Waals surface area (Å²) in [5.41, 5.74) is 7.28. The van der Waals surface area contributed by atoms with Gasteiger partial charge in [0.15, 0.2) is 0 Å². The highest BCUT2D eigenvalue weighted by Crippen LogP contribution is 2.31. The second kappa shape index (κ2) is 6.46. The molecular weight excluding hydrogens is 322 g/mol. The molecule has 0 radical (unpaired) electrons. The van der Waals surface area contributed by atoms with E-state index in [1.807, 2.05) is 26.8 Å². The van der Waals surface area contributed by atoms with Crippen LogP contribution in [0.25, 0.3) is 10.8 Å². The largest absolute Gasteiger partial charge is 0.447 e. The normalized spacial score (nSPS) is 17.0.